The first-order valence-electron chi connectivity index (χ1n) is 35.2. The van der Waals surface area contributed by atoms with E-state index in [1.807, 2.05) is 27.2 Å². The van der Waals surface area contributed by atoms with Crippen LogP contribution >= 0.6 is 7.82 Å². The zero-order valence-corrected chi connectivity index (χ0v) is 55.4. The first kappa shape index (κ1) is 79.2. The SMILES string of the molecule is CCCCCCC/C=C\C/C=C\C/C=C\CCCCCCCCCCCCCCCCCCCCCCCCCCCCC(=O)NC(COP(=O)([O-])OCC[N+](C)(C)C)C(O)/C=C/CC/C=C/CCCCCCCCCCCCCC. The summed E-state index contributed by atoms with van der Waals surface area (Å²) in [5.41, 5.74) is 0. The van der Waals surface area contributed by atoms with Crippen LogP contribution in [0.3, 0.4) is 0 Å². The standard InChI is InChI=1S/C72H137N2O6P/c1-6-8-10-12-14-16-18-20-22-24-26-27-28-29-30-31-32-33-34-35-36-37-38-39-40-41-42-43-44-45-46-47-48-50-52-54-56-58-60-62-64-66-72(76)73-70(69-80-81(77,78)79-68-67-74(3,4)5)71(75)65-63-61-59-57-55-53-51-49-25-23-21-19-17-15-13-11-9-7-2/h18,20,24,26,28-29,55,57,63,65,70-71,75H,6-17,19,21-23,25,27,30-54,56,58-62,64,66-69H2,1-5H3,(H-,73,76,77,78)/b20-18-,26-24-,29-28-,57-55+,65-63+. The van der Waals surface area contributed by atoms with Crippen LogP contribution in [-0.2, 0) is 18.4 Å². The maximum absolute atomic E-state index is 13.0. The third-order valence-electron chi connectivity index (χ3n) is 15.9. The summed E-state index contributed by atoms with van der Waals surface area (Å²) >= 11 is 0. The van der Waals surface area contributed by atoms with Crippen molar-refractivity contribution in [2.75, 3.05) is 40.9 Å². The summed E-state index contributed by atoms with van der Waals surface area (Å²) in [4.78, 5) is 25.6. The summed E-state index contributed by atoms with van der Waals surface area (Å²) in [6.45, 7) is 4.65. The predicted molar refractivity (Wildman–Crippen MR) is 353 cm³/mol. The lowest BCUT2D eigenvalue weighted by Gasteiger charge is -2.29. The second-order valence-corrected chi connectivity index (χ2v) is 26.6. The van der Waals surface area contributed by atoms with Crippen molar-refractivity contribution in [3.8, 4) is 0 Å². The van der Waals surface area contributed by atoms with Gasteiger partial charge in [-0.2, -0.15) is 0 Å². The van der Waals surface area contributed by atoms with E-state index in [4.69, 9.17) is 9.05 Å². The molecule has 81 heavy (non-hydrogen) atoms. The van der Waals surface area contributed by atoms with Gasteiger partial charge < -0.3 is 28.8 Å². The average Bonchev–Trinajstić information content (AvgIpc) is 3.43. The van der Waals surface area contributed by atoms with Crippen molar-refractivity contribution in [1.82, 2.24) is 5.32 Å². The number of rotatable bonds is 65. The second-order valence-electron chi connectivity index (χ2n) is 25.2. The van der Waals surface area contributed by atoms with Crippen molar-refractivity contribution in [3.63, 3.8) is 0 Å². The normalized spacial score (nSPS) is 14.0. The van der Waals surface area contributed by atoms with E-state index < -0.39 is 26.6 Å². The Balaban J connectivity index is 3.92. The van der Waals surface area contributed by atoms with E-state index in [1.54, 1.807) is 6.08 Å². The molecule has 0 aliphatic heterocycles. The molecule has 0 heterocycles. The van der Waals surface area contributed by atoms with Crippen molar-refractivity contribution in [2.45, 2.75) is 353 Å². The molecule has 3 unspecified atom stereocenters. The van der Waals surface area contributed by atoms with Gasteiger partial charge in [0, 0.05) is 6.42 Å². The van der Waals surface area contributed by atoms with Crippen molar-refractivity contribution in [3.05, 3.63) is 60.8 Å². The highest BCUT2D eigenvalue weighted by atomic mass is 31.2. The highest BCUT2D eigenvalue weighted by Gasteiger charge is 2.23. The number of carbonyl (C=O) groups excluding carboxylic acids is 1. The van der Waals surface area contributed by atoms with Gasteiger partial charge in [0.25, 0.3) is 7.82 Å². The minimum atomic E-state index is -4.61. The molecule has 0 spiro atoms. The van der Waals surface area contributed by atoms with Crippen LogP contribution in [0.25, 0.3) is 0 Å². The van der Waals surface area contributed by atoms with Gasteiger partial charge in [-0.15, -0.1) is 0 Å². The molecular weight excluding hydrogens is 1020 g/mol. The van der Waals surface area contributed by atoms with Crippen LogP contribution in [0.4, 0.5) is 0 Å². The molecule has 476 valence electrons. The zero-order chi connectivity index (χ0) is 59.1. The van der Waals surface area contributed by atoms with Crippen LogP contribution in [0.1, 0.15) is 341 Å². The number of nitrogens with one attached hydrogen (secondary N) is 1. The molecule has 0 aliphatic carbocycles. The Labute approximate surface area is 504 Å². The Hall–Kier alpha value is -1.80. The third kappa shape index (κ3) is 65.6. The number of hydrogen-bond acceptors (Lipinski definition) is 6. The van der Waals surface area contributed by atoms with E-state index >= 15 is 0 Å². The van der Waals surface area contributed by atoms with Crippen LogP contribution in [0, 0.1) is 0 Å². The van der Waals surface area contributed by atoms with Crippen LogP contribution in [-0.4, -0.2) is 68.5 Å². The van der Waals surface area contributed by atoms with E-state index in [9.17, 15) is 19.4 Å². The summed E-state index contributed by atoms with van der Waals surface area (Å²) < 4.78 is 23.4. The number of amides is 1. The first-order chi connectivity index (χ1) is 39.5. The number of aliphatic hydroxyl groups excluding tert-OH is 1. The van der Waals surface area contributed by atoms with Gasteiger partial charge in [0.2, 0.25) is 5.91 Å². The lowest BCUT2D eigenvalue weighted by Crippen LogP contribution is -2.45. The topological polar surface area (TPSA) is 108 Å². The van der Waals surface area contributed by atoms with Gasteiger partial charge in [-0.3, -0.25) is 9.36 Å². The molecule has 0 saturated heterocycles. The van der Waals surface area contributed by atoms with E-state index in [-0.39, 0.29) is 12.5 Å². The van der Waals surface area contributed by atoms with Gasteiger partial charge in [-0.1, -0.05) is 325 Å². The summed E-state index contributed by atoms with van der Waals surface area (Å²) in [5.74, 6) is -0.202. The molecule has 0 fully saturated rings. The summed E-state index contributed by atoms with van der Waals surface area (Å²) in [6.07, 6.45) is 86.5. The number of phosphoric ester groups is 1. The Morgan fingerprint density at radius 3 is 1.09 bits per heavy atom. The lowest BCUT2D eigenvalue weighted by molar-refractivity contribution is -0.870. The fraction of sp³-hybridized carbons (Fsp3) is 0.847. The molecule has 8 nitrogen and oxygen atoms in total. The van der Waals surface area contributed by atoms with Crippen LogP contribution in [0.2, 0.25) is 0 Å². The lowest BCUT2D eigenvalue weighted by atomic mass is 10.0. The minimum absolute atomic E-state index is 0.00543. The van der Waals surface area contributed by atoms with Crippen molar-refractivity contribution in [1.29, 1.82) is 0 Å². The Morgan fingerprint density at radius 1 is 0.432 bits per heavy atom. The number of unbranched alkanes of at least 4 members (excludes halogenated alkanes) is 44. The van der Waals surface area contributed by atoms with Crippen molar-refractivity contribution in [2.24, 2.45) is 0 Å². The number of hydrogen-bond donors (Lipinski definition) is 2. The monoisotopic (exact) mass is 1160 g/mol. The van der Waals surface area contributed by atoms with Crippen molar-refractivity contribution < 1.29 is 32.9 Å². The molecule has 0 radical (unpaired) electrons. The van der Waals surface area contributed by atoms with E-state index in [2.05, 4.69) is 67.8 Å². The molecule has 9 heteroatoms. The number of quaternary nitrogens is 1. The summed E-state index contributed by atoms with van der Waals surface area (Å²) in [7, 11) is 1.26. The number of phosphoric acid groups is 1. The van der Waals surface area contributed by atoms with Gasteiger partial charge in [0.1, 0.15) is 13.2 Å². The highest BCUT2D eigenvalue weighted by molar-refractivity contribution is 7.45. The Kier molecular flexibility index (Phi) is 61.3. The number of nitrogens with zero attached hydrogens (tertiary/aromatic N) is 1. The van der Waals surface area contributed by atoms with Gasteiger partial charge in [-0.25, -0.2) is 0 Å². The van der Waals surface area contributed by atoms with Crippen LogP contribution < -0.4 is 10.2 Å². The molecule has 0 aromatic rings. The summed E-state index contributed by atoms with van der Waals surface area (Å²) in [5, 5.41) is 13.9. The molecule has 0 bridgehead atoms. The zero-order valence-electron chi connectivity index (χ0n) is 54.5. The fourth-order valence-electron chi connectivity index (χ4n) is 10.5. The molecule has 0 saturated carbocycles. The van der Waals surface area contributed by atoms with Crippen LogP contribution in [0.5, 0.6) is 0 Å². The van der Waals surface area contributed by atoms with Gasteiger partial charge in [0.15, 0.2) is 0 Å². The first-order valence-corrected chi connectivity index (χ1v) is 36.6. The molecule has 0 rings (SSSR count). The van der Waals surface area contributed by atoms with E-state index in [0.29, 0.717) is 17.4 Å². The molecule has 0 aromatic carbocycles. The van der Waals surface area contributed by atoms with Crippen molar-refractivity contribution >= 4 is 13.7 Å². The van der Waals surface area contributed by atoms with Gasteiger partial charge in [0.05, 0.1) is 39.9 Å². The van der Waals surface area contributed by atoms with Crippen LogP contribution in [0.15, 0.2) is 60.8 Å². The number of allylic oxidation sites excluding steroid dienone is 9. The molecule has 3 atom stereocenters. The number of carbonyl (C=O) groups is 1. The minimum Gasteiger partial charge on any atom is -0.756 e. The fourth-order valence-corrected chi connectivity index (χ4v) is 11.2. The van der Waals surface area contributed by atoms with E-state index in [0.717, 1.165) is 51.4 Å². The highest BCUT2D eigenvalue weighted by Crippen LogP contribution is 2.38. The molecule has 2 N–H and O–H groups in total. The van der Waals surface area contributed by atoms with Gasteiger partial charge in [-0.05, 0) is 70.6 Å². The largest absolute Gasteiger partial charge is 0.756 e. The Bertz CT molecular complexity index is 1500. The number of aliphatic hydroxyl groups is 1. The maximum Gasteiger partial charge on any atom is 0.268 e. The van der Waals surface area contributed by atoms with Gasteiger partial charge >= 0.3 is 0 Å². The predicted octanol–water partition coefficient (Wildman–Crippen LogP) is 21.8. The molecule has 0 aromatic heterocycles. The third-order valence-corrected chi connectivity index (χ3v) is 16.9. The number of likely N-dealkylation sites (N-methyl/N-ethyl adjacent to an activating group) is 1. The quantitative estimate of drug-likeness (QED) is 0.0272. The second kappa shape index (κ2) is 62.7. The smallest absolute Gasteiger partial charge is 0.268 e. The molecule has 0 aliphatic rings. The summed E-state index contributed by atoms with van der Waals surface area (Å²) in [6, 6.07) is -0.903. The molecule has 1 amide bonds. The van der Waals surface area contributed by atoms with E-state index in [1.165, 1.54) is 270 Å². The maximum atomic E-state index is 13.0. The molecular formula is C72H137N2O6P. The Morgan fingerprint density at radius 2 is 0.728 bits per heavy atom. The average molecular weight is 1160 g/mol.